The van der Waals surface area contributed by atoms with E-state index < -0.39 is 0 Å². The van der Waals surface area contributed by atoms with Gasteiger partial charge in [0.05, 0.1) is 5.52 Å². The Bertz CT molecular complexity index is 2410. The third-order valence-corrected chi connectivity index (χ3v) is 10.2. The average Bonchev–Trinajstić information content (AvgIpc) is 3.53. The van der Waals surface area contributed by atoms with Crippen molar-refractivity contribution < 1.29 is 0 Å². The van der Waals surface area contributed by atoms with Crippen LogP contribution >= 0.6 is 22.7 Å². The van der Waals surface area contributed by atoms with Crippen LogP contribution in [-0.2, 0) is 0 Å². The summed E-state index contributed by atoms with van der Waals surface area (Å²) in [5.41, 5.74) is 3.53. The normalized spacial score (nSPS) is 12.2. The first-order valence-electron chi connectivity index (χ1n) is 12.8. The Kier molecular flexibility index (Phi) is 4.15. The third kappa shape index (κ3) is 2.78. The molecule has 3 heteroatoms. The fourth-order valence-electron chi connectivity index (χ4n) is 6.15. The molecule has 1 nitrogen and oxygen atoms in total. The van der Waals surface area contributed by atoms with Crippen LogP contribution in [0.25, 0.3) is 83.9 Å². The minimum Gasteiger partial charge on any atom is -0.255 e. The Labute approximate surface area is 226 Å². The number of thiophene rings is 2. The van der Waals surface area contributed by atoms with E-state index in [2.05, 4.69) is 109 Å². The van der Waals surface area contributed by atoms with Gasteiger partial charge in [0.25, 0.3) is 0 Å². The number of rotatable bonds is 1. The molecule has 0 N–H and O–H groups in total. The molecule has 0 spiro atoms. The van der Waals surface area contributed by atoms with Crippen LogP contribution in [0.3, 0.4) is 0 Å². The number of pyridine rings is 1. The maximum atomic E-state index is 5.13. The Morgan fingerprint density at radius 3 is 2.03 bits per heavy atom. The van der Waals surface area contributed by atoms with Crippen molar-refractivity contribution in [3.63, 3.8) is 0 Å². The van der Waals surface area contributed by atoms with Crippen LogP contribution in [0, 0.1) is 0 Å². The monoisotopic (exact) mass is 517 g/mol. The second-order valence-electron chi connectivity index (χ2n) is 9.94. The molecule has 0 amide bonds. The highest BCUT2D eigenvalue weighted by Crippen LogP contribution is 2.45. The second kappa shape index (κ2) is 7.61. The van der Waals surface area contributed by atoms with Gasteiger partial charge in [-0.3, -0.25) is 4.98 Å². The van der Waals surface area contributed by atoms with Crippen LogP contribution in [0.15, 0.2) is 115 Å². The van der Waals surface area contributed by atoms with E-state index in [9.17, 15) is 0 Å². The summed E-state index contributed by atoms with van der Waals surface area (Å²) >= 11 is 3.76. The minimum atomic E-state index is 1.07. The van der Waals surface area contributed by atoms with Gasteiger partial charge in [-0.2, -0.15) is 0 Å². The number of nitrogens with zero attached hydrogens (tertiary/aromatic N) is 1. The minimum absolute atomic E-state index is 1.07. The SMILES string of the molecule is c1ccc2c(c1)cnc1c(-c3cccc4c3sc3ccccc34)cc3cc4c(cc3c12)sc1ccccc14. The van der Waals surface area contributed by atoms with Crippen molar-refractivity contribution in [2.75, 3.05) is 0 Å². The van der Waals surface area contributed by atoms with E-state index in [1.807, 2.05) is 28.9 Å². The molecule has 3 heterocycles. The summed E-state index contributed by atoms with van der Waals surface area (Å²) < 4.78 is 5.31. The van der Waals surface area contributed by atoms with E-state index in [4.69, 9.17) is 4.98 Å². The van der Waals surface area contributed by atoms with E-state index >= 15 is 0 Å². The highest BCUT2D eigenvalue weighted by molar-refractivity contribution is 7.26. The molecular formula is C35H19NS2. The second-order valence-corrected chi connectivity index (χ2v) is 12.1. The summed E-state index contributed by atoms with van der Waals surface area (Å²) in [6, 6.07) is 40.1. The van der Waals surface area contributed by atoms with Crippen LogP contribution in [0.1, 0.15) is 0 Å². The molecule has 9 rings (SSSR count). The summed E-state index contributed by atoms with van der Waals surface area (Å²) in [4.78, 5) is 5.13. The van der Waals surface area contributed by atoms with Gasteiger partial charge in [0.2, 0.25) is 0 Å². The largest absolute Gasteiger partial charge is 0.255 e. The molecule has 0 aliphatic heterocycles. The molecule has 0 bridgehead atoms. The lowest BCUT2D eigenvalue weighted by Gasteiger charge is -2.14. The van der Waals surface area contributed by atoms with Gasteiger partial charge in [0, 0.05) is 68.4 Å². The Hall–Kier alpha value is -4.31. The lowest BCUT2D eigenvalue weighted by atomic mass is 9.92. The van der Waals surface area contributed by atoms with Gasteiger partial charge < -0.3 is 0 Å². The smallest absolute Gasteiger partial charge is 0.0793 e. The van der Waals surface area contributed by atoms with E-state index in [0.29, 0.717) is 0 Å². The summed E-state index contributed by atoms with van der Waals surface area (Å²) in [6.45, 7) is 0. The van der Waals surface area contributed by atoms with Crippen molar-refractivity contribution in [1.29, 1.82) is 0 Å². The lowest BCUT2D eigenvalue weighted by Crippen LogP contribution is -1.90. The van der Waals surface area contributed by atoms with Crippen molar-refractivity contribution >= 4 is 95.5 Å². The first-order chi connectivity index (χ1) is 18.8. The predicted octanol–water partition coefficient (Wildman–Crippen LogP) is 10.9. The molecule has 0 aliphatic rings. The molecule has 6 aromatic carbocycles. The molecule has 0 radical (unpaired) electrons. The van der Waals surface area contributed by atoms with E-state index in [-0.39, 0.29) is 0 Å². The molecule has 0 saturated carbocycles. The standard InChI is InChI=1S/C35H19NS2/c1-2-9-22-20(8-1)19-36-34-29(26-13-7-12-25-23-10-3-6-15-31(23)38-35(25)26)17-21-16-28-24-11-4-5-14-30(24)37-32(28)18-27(21)33(22)34/h1-19H. The molecule has 0 saturated heterocycles. The van der Waals surface area contributed by atoms with E-state index in [1.165, 1.54) is 78.4 Å². The zero-order chi connectivity index (χ0) is 24.8. The van der Waals surface area contributed by atoms with Crippen molar-refractivity contribution in [2.45, 2.75) is 0 Å². The molecule has 0 fully saturated rings. The summed E-state index contributed by atoms with van der Waals surface area (Å²) in [5.74, 6) is 0. The molecular weight excluding hydrogens is 499 g/mol. The van der Waals surface area contributed by atoms with Crippen LogP contribution in [-0.4, -0.2) is 4.98 Å². The zero-order valence-corrected chi connectivity index (χ0v) is 21.9. The maximum Gasteiger partial charge on any atom is 0.0793 e. The fourth-order valence-corrected chi connectivity index (χ4v) is 8.51. The molecule has 3 aromatic heterocycles. The Morgan fingerprint density at radius 2 is 1.16 bits per heavy atom. The van der Waals surface area contributed by atoms with Crippen LogP contribution in [0.5, 0.6) is 0 Å². The molecule has 9 aromatic rings. The van der Waals surface area contributed by atoms with Gasteiger partial charge in [-0.15, -0.1) is 22.7 Å². The number of hydrogen-bond acceptors (Lipinski definition) is 3. The molecule has 0 atom stereocenters. The number of benzene rings is 6. The first-order valence-corrected chi connectivity index (χ1v) is 14.4. The maximum absolute atomic E-state index is 5.13. The first kappa shape index (κ1) is 20.7. The molecule has 0 aliphatic carbocycles. The highest BCUT2D eigenvalue weighted by atomic mass is 32.1. The van der Waals surface area contributed by atoms with Crippen molar-refractivity contribution in [1.82, 2.24) is 4.98 Å². The quantitative estimate of drug-likeness (QED) is 0.197. The van der Waals surface area contributed by atoms with E-state index in [0.717, 1.165) is 5.52 Å². The average molecular weight is 518 g/mol. The van der Waals surface area contributed by atoms with Gasteiger partial charge in [0.1, 0.15) is 0 Å². The zero-order valence-electron chi connectivity index (χ0n) is 20.2. The van der Waals surface area contributed by atoms with Gasteiger partial charge in [-0.05, 0) is 46.5 Å². The van der Waals surface area contributed by atoms with Crippen LogP contribution in [0.4, 0.5) is 0 Å². The Balaban J connectivity index is 1.50. The van der Waals surface area contributed by atoms with Gasteiger partial charge >= 0.3 is 0 Å². The summed E-state index contributed by atoms with van der Waals surface area (Å²) in [7, 11) is 0. The third-order valence-electron chi connectivity index (χ3n) is 7.87. The highest BCUT2D eigenvalue weighted by Gasteiger charge is 2.18. The van der Waals surface area contributed by atoms with Gasteiger partial charge in [-0.25, -0.2) is 0 Å². The fraction of sp³-hybridized carbons (Fsp3) is 0. The number of fused-ring (bicyclic) bond motifs is 11. The number of hydrogen-bond donors (Lipinski definition) is 0. The molecule has 176 valence electrons. The van der Waals surface area contributed by atoms with Crippen molar-refractivity contribution in [3.8, 4) is 11.1 Å². The molecule has 0 unspecified atom stereocenters. The van der Waals surface area contributed by atoms with E-state index in [1.54, 1.807) is 0 Å². The number of aromatic nitrogens is 1. The van der Waals surface area contributed by atoms with Crippen molar-refractivity contribution in [2.24, 2.45) is 0 Å². The van der Waals surface area contributed by atoms with Crippen LogP contribution in [0.2, 0.25) is 0 Å². The van der Waals surface area contributed by atoms with Gasteiger partial charge in [-0.1, -0.05) is 78.9 Å². The summed E-state index contributed by atoms with van der Waals surface area (Å²) in [5, 5.41) is 11.5. The van der Waals surface area contributed by atoms with Crippen LogP contribution < -0.4 is 0 Å². The van der Waals surface area contributed by atoms with Crippen molar-refractivity contribution in [3.05, 3.63) is 115 Å². The lowest BCUT2D eigenvalue weighted by molar-refractivity contribution is 1.45. The topological polar surface area (TPSA) is 12.9 Å². The Morgan fingerprint density at radius 1 is 0.447 bits per heavy atom. The van der Waals surface area contributed by atoms with Gasteiger partial charge in [0.15, 0.2) is 0 Å². The molecule has 38 heavy (non-hydrogen) atoms. The summed E-state index contributed by atoms with van der Waals surface area (Å²) in [6.07, 6.45) is 2.04. The predicted molar refractivity (Wildman–Crippen MR) is 168 cm³/mol.